The van der Waals surface area contributed by atoms with Crippen molar-refractivity contribution in [3.05, 3.63) is 0 Å². The molecule has 0 radical (unpaired) electrons. The fraction of sp³-hybridized carbons (Fsp3) is 0.933. The van der Waals surface area contributed by atoms with Crippen LogP contribution in [0.2, 0.25) is 0 Å². The zero-order chi connectivity index (χ0) is 13.7. The van der Waals surface area contributed by atoms with E-state index < -0.39 is 0 Å². The van der Waals surface area contributed by atoms with Gasteiger partial charge in [0.15, 0.2) is 0 Å². The van der Waals surface area contributed by atoms with E-state index in [0.717, 1.165) is 45.3 Å². The molecule has 0 bridgehead atoms. The molecular formula is C15H27NO3. The first-order valence-electron chi connectivity index (χ1n) is 7.54. The van der Waals surface area contributed by atoms with Crippen LogP contribution in [-0.4, -0.2) is 50.8 Å². The summed E-state index contributed by atoms with van der Waals surface area (Å²) in [6.07, 6.45) is 7.77. The summed E-state index contributed by atoms with van der Waals surface area (Å²) >= 11 is 0. The van der Waals surface area contributed by atoms with E-state index >= 15 is 0 Å². The van der Waals surface area contributed by atoms with Crippen LogP contribution in [0.1, 0.15) is 44.9 Å². The molecule has 1 aliphatic heterocycles. The number of hydrogen-bond donors (Lipinski definition) is 0. The highest BCUT2D eigenvalue weighted by atomic mass is 16.5. The summed E-state index contributed by atoms with van der Waals surface area (Å²) in [7, 11) is 3.63. The Kier molecular flexibility index (Phi) is 5.22. The van der Waals surface area contributed by atoms with Crippen molar-refractivity contribution < 1.29 is 14.3 Å². The summed E-state index contributed by atoms with van der Waals surface area (Å²) in [6, 6.07) is 0. The first-order valence-corrected chi connectivity index (χ1v) is 7.54. The van der Waals surface area contributed by atoms with Crippen LogP contribution < -0.4 is 0 Å². The highest BCUT2D eigenvalue weighted by molar-refractivity contribution is 5.83. The van der Waals surface area contributed by atoms with Gasteiger partial charge >= 0.3 is 0 Å². The standard InChI is InChI=1S/C15H27NO3/c1-16(12-13-6-3-4-10-19-13)14(17)15(7-5-8-15)9-11-18-2/h13H,3-12H2,1-2H3. The SMILES string of the molecule is COCCC1(C(=O)N(C)CC2CCCCO2)CCC1. The zero-order valence-electron chi connectivity index (χ0n) is 12.3. The van der Waals surface area contributed by atoms with E-state index in [0.29, 0.717) is 12.5 Å². The zero-order valence-corrected chi connectivity index (χ0v) is 12.3. The van der Waals surface area contributed by atoms with E-state index in [9.17, 15) is 4.79 Å². The fourth-order valence-corrected chi connectivity index (χ4v) is 3.22. The van der Waals surface area contributed by atoms with Crippen molar-refractivity contribution in [2.24, 2.45) is 5.41 Å². The van der Waals surface area contributed by atoms with Crippen molar-refractivity contribution in [3.63, 3.8) is 0 Å². The second-order valence-electron chi connectivity index (χ2n) is 6.05. The number of carbonyl (C=O) groups is 1. The minimum absolute atomic E-state index is 0.139. The smallest absolute Gasteiger partial charge is 0.228 e. The third-order valence-electron chi connectivity index (χ3n) is 4.65. The van der Waals surface area contributed by atoms with Crippen molar-refractivity contribution in [2.75, 3.05) is 33.9 Å². The number of carbonyl (C=O) groups excluding carboxylic acids is 1. The molecule has 0 spiro atoms. The van der Waals surface area contributed by atoms with Crippen LogP contribution in [0, 0.1) is 5.41 Å². The van der Waals surface area contributed by atoms with Crippen molar-refractivity contribution >= 4 is 5.91 Å². The van der Waals surface area contributed by atoms with Gasteiger partial charge in [0.25, 0.3) is 0 Å². The Balaban J connectivity index is 1.85. The lowest BCUT2D eigenvalue weighted by molar-refractivity contribution is -0.150. The Bertz CT molecular complexity index is 296. The van der Waals surface area contributed by atoms with Gasteiger partial charge in [-0.25, -0.2) is 0 Å². The maximum absolute atomic E-state index is 12.6. The molecule has 4 heteroatoms. The summed E-state index contributed by atoms with van der Waals surface area (Å²) in [4.78, 5) is 14.5. The summed E-state index contributed by atoms with van der Waals surface area (Å²) in [5.74, 6) is 0.296. The average Bonchev–Trinajstić information content (AvgIpc) is 2.38. The topological polar surface area (TPSA) is 38.8 Å². The highest BCUT2D eigenvalue weighted by Crippen LogP contribution is 2.45. The van der Waals surface area contributed by atoms with Gasteiger partial charge in [-0.05, 0) is 38.5 Å². The highest BCUT2D eigenvalue weighted by Gasteiger charge is 2.45. The van der Waals surface area contributed by atoms with E-state index in [2.05, 4.69) is 0 Å². The third kappa shape index (κ3) is 3.48. The van der Waals surface area contributed by atoms with Gasteiger partial charge in [0, 0.05) is 33.9 Å². The van der Waals surface area contributed by atoms with Crippen molar-refractivity contribution in [2.45, 2.75) is 51.0 Å². The largest absolute Gasteiger partial charge is 0.385 e. The van der Waals surface area contributed by atoms with Crippen molar-refractivity contribution in [1.29, 1.82) is 0 Å². The Morgan fingerprint density at radius 1 is 1.37 bits per heavy atom. The van der Waals surface area contributed by atoms with Gasteiger partial charge in [0.05, 0.1) is 11.5 Å². The lowest BCUT2D eigenvalue weighted by Crippen LogP contribution is -2.49. The summed E-state index contributed by atoms with van der Waals surface area (Å²) in [6.45, 7) is 2.27. The predicted molar refractivity (Wildman–Crippen MR) is 74.0 cm³/mol. The average molecular weight is 269 g/mol. The number of rotatable bonds is 6. The molecule has 1 saturated carbocycles. The molecular weight excluding hydrogens is 242 g/mol. The van der Waals surface area contributed by atoms with E-state index in [1.165, 1.54) is 12.8 Å². The molecule has 1 heterocycles. The van der Waals surface area contributed by atoms with Crippen LogP contribution in [-0.2, 0) is 14.3 Å². The first-order chi connectivity index (χ1) is 9.18. The van der Waals surface area contributed by atoms with Crippen molar-refractivity contribution in [3.8, 4) is 0 Å². The van der Waals surface area contributed by atoms with E-state index in [-0.39, 0.29) is 11.5 Å². The number of ether oxygens (including phenoxy) is 2. The number of nitrogens with zero attached hydrogens (tertiary/aromatic N) is 1. The van der Waals surface area contributed by atoms with E-state index in [4.69, 9.17) is 9.47 Å². The van der Waals surface area contributed by atoms with Crippen LogP contribution in [0.25, 0.3) is 0 Å². The fourth-order valence-electron chi connectivity index (χ4n) is 3.22. The molecule has 1 amide bonds. The normalized spacial score (nSPS) is 25.7. The number of amides is 1. The molecule has 2 fully saturated rings. The summed E-state index contributed by atoms with van der Waals surface area (Å²) < 4.78 is 10.9. The van der Waals surface area contributed by atoms with Crippen LogP contribution in [0.15, 0.2) is 0 Å². The molecule has 1 aliphatic carbocycles. The van der Waals surface area contributed by atoms with Gasteiger partial charge in [-0.3, -0.25) is 4.79 Å². The molecule has 0 aromatic heterocycles. The lowest BCUT2D eigenvalue weighted by atomic mass is 9.66. The molecule has 0 aromatic carbocycles. The molecule has 19 heavy (non-hydrogen) atoms. The molecule has 1 atom stereocenters. The van der Waals surface area contributed by atoms with Crippen LogP contribution >= 0.6 is 0 Å². The van der Waals surface area contributed by atoms with Crippen LogP contribution in [0.4, 0.5) is 0 Å². The maximum atomic E-state index is 12.6. The minimum Gasteiger partial charge on any atom is -0.385 e. The maximum Gasteiger partial charge on any atom is 0.228 e. The van der Waals surface area contributed by atoms with Gasteiger partial charge in [-0.2, -0.15) is 0 Å². The number of likely N-dealkylation sites (N-methyl/N-ethyl adjacent to an activating group) is 1. The Labute approximate surface area is 116 Å². The third-order valence-corrected chi connectivity index (χ3v) is 4.65. The quantitative estimate of drug-likeness (QED) is 0.742. The van der Waals surface area contributed by atoms with E-state index in [1.54, 1.807) is 7.11 Å². The lowest BCUT2D eigenvalue weighted by Gasteiger charge is -2.43. The van der Waals surface area contributed by atoms with Gasteiger partial charge < -0.3 is 14.4 Å². The molecule has 1 saturated heterocycles. The molecule has 0 N–H and O–H groups in total. The minimum atomic E-state index is -0.139. The van der Waals surface area contributed by atoms with Gasteiger partial charge in [-0.15, -0.1) is 0 Å². The van der Waals surface area contributed by atoms with Crippen LogP contribution in [0.3, 0.4) is 0 Å². The number of hydrogen-bond acceptors (Lipinski definition) is 3. The molecule has 110 valence electrons. The molecule has 2 aliphatic rings. The van der Waals surface area contributed by atoms with Gasteiger partial charge in [0.1, 0.15) is 0 Å². The van der Waals surface area contributed by atoms with Gasteiger partial charge in [-0.1, -0.05) is 6.42 Å². The second kappa shape index (κ2) is 6.71. The Morgan fingerprint density at radius 3 is 2.68 bits per heavy atom. The number of methoxy groups -OCH3 is 1. The molecule has 0 aromatic rings. The Hall–Kier alpha value is -0.610. The Morgan fingerprint density at radius 2 is 2.16 bits per heavy atom. The van der Waals surface area contributed by atoms with Crippen molar-refractivity contribution in [1.82, 2.24) is 4.90 Å². The summed E-state index contributed by atoms with van der Waals surface area (Å²) in [5.41, 5.74) is -0.139. The first kappa shape index (κ1) is 14.8. The van der Waals surface area contributed by atoms with E-state index in [1.807, 2.05) is 11.9 Å². The van der Waals surface area contributed by atoms with Crippen LogP contribution in [0.5, 0.6) is 0 Å². The molecule has 2 rings (SSSR count). The summed E-state index contributed by atoms with van der Waals surface area (Å²) in [5, 5.41) is 0. The molecule has 4 nitrogen and oxygen atoms in total. The second-order valence-corrected chi connectivity index (χ2v) is 6.05. The predicted octanol–water partition coefficient (Wildman–Crippen LogP) is 2.22. The van der Waals surface area contributed by atoms with Gasteiger partial charge in [0.2, 0.25) is 5.91 Å². The monoisotopic (exact) mass is 269 g/mol. The molecule has 1 unspecified atom stereocenters.